The monoisotopic (exact) mass is 389 g/mol. The minimum Gasteiger partial charge on any atom is -0.302 e. The van der Waals surface area contributed by atoms with Gasteiger partial charge in [-0.2, -0.15) is 0 Å². The number of carbonyl (C=O) groups excluding carboxylic acids is 1. The molecule has 0 aliphatic carbocycles. The summed E-state index contributed by atoms with van der Waals surface area (Å²) < 4.78 is 2.55. The van der Waals surface area contributed by atoms with E-state index in [0.717, 1.165) is 5.56 Å². The molecule has 25 heavy (non-hydrogen) atoms. The van der Waals surface area contributed by atoms with Gasteiger partial charge in [0.15, 0.2) is 5.78 Å². The Morgan fingerprint density at radius 1 is 1.08 bits per heavy atom. The summed E-state index contributed by atoms with van der Waals surface area (Å²) >= 11 is 13.2. The van der Waals surface area contributed by atoms with Crippen molar-refractivity contribution in [1.82, 2.24) is 4.57 Å². The molecule has 126 valence electrons. The maximum atomic E-state index is 12.4. The van der Waals surface area contributed by atoms with Crippen LogP contribution in [-0.2, 0) is 7.05 Å². The second-order valence-electron chi connectivity index (χ2n) is 5.35. The summed E-state index contributed by atoms with van der Waals surface area (Å²) in [5, 5.41) is 1.14. The molecule has 0 aliphatic rings. The highest BCUT2D eigenvalue weighted by molar-refractivity contribution is 7.07. The Bertz CT molecular complexity index is 1110. The van der Waals surface area contributed by atoms with Crippen LogP contribution < -0.4 is 14.8 Å². The van der Waals surface area contributed by atoms with E-state index in [4.69, 9.17) is 23.2 Å². The Morgan fingerprint density at radius 2 is 1.76 bits per heavy atom. The van der Waals surface area contributed by atoms with Gasteiger partial charge in [-0.15, -0.1) is 11.3 Å². The summed E-state index contributed by atoms with van der Waals surface area (Å²) in [5.74, 6) is -0.183. The number of rotatable bonds is 3. The molecule has 3 aromatic rings. The largest absolute Gasteiger partial charge is 0.302 e. The van der Waals surface area contributed by atoms with Crippen LogP contribution in [0.1, 0.15) is 15.9 Å². The first-order valence-electron chi connectivity index (χ1n) is 7.39. The Labute approximate surface area is 158 Å². The molecule has 0 saturated carbocycles. The molecule has 3 nitrogen and oxygen atoms in total. The van der Waals surface area contributed by atoms with Gasteiger partial charge >= 0.3 is 0 Å². The van der Waals surface area contributed by atoms with E-state index in [9.17, 15) is 9.59 Å². The van der Waals surface area contributed by atoms with E-state index in [0.29, 0.717) is 24.8 Å². The van der Waals surface area contributed by atoms with Gasteiger partial charge in [-0.1, -0.05) is 41.4 Å². The lowest BCUT2D eigenvalue weighted by atomic mass is 10.1. The zero-order valence-electron chi connectivity index (χ0n) is 13.2. The zero-order chi connectivity index (χ0) is 18.0. The zero-order valence-corrected chi connectivity index (χ0v) is 15.5. The number of carbonyl (C=O) groups is 1. The molecule has 3 rings (SSSR count). The predicted octanol–water partition coefficient (Wildman–Crippen LogP) is 3.25. The number of thiazole rings is 1. The number of hydrogen-bond acceptors (Lipinski definition) is 3. The Kier molecular flexibility index (Phi) is 5.23. The fourth-order valence-electron chi connectivity index (χ4n) is 2.25. The number of ketones is 1. The van der Waals surface area contributed by atoms with E-state index in [1.807, 2.05) is 18.2 Å². The van der Waals surface area contributed by atoms with Gasteiger partial charge in [-0.3, -0.25) is 9.59 Å². The molecule has 0 unspecified atom stereocenters. The number of hydrogen-bond donors (Lipinski definition) is 0. The topological polar surface area (TPSA) is 39.1 Å². The van der Waals surface area contributed by atoms with Gasteiger partial charge in [0, 0.05) is 28.7 Å². The average Bonchev–Trinajstić information content (AvgIpc) is 2.85. The number of halogens is 2. The quantitative estimate of drug-likeness (QED) is 0.644. The molecular formula is C19H13Cl2NO2S. The molecule has 0 saturated heterocycles. The maximum Gasteiger partial charge on any atom is 0.268 e. The fourth-order valence-corrected chi connectivity index (χ4v) is 3.59. The minimum absolute atomic E-state index is 0.167. The molecule has 6 heteroatoms. The fraction of sp³-hybridized carbons (Fsp3) is 0.0526. The van der Waals surface area contributed by atoms with Crippen molar-refractivity contribution < 1.29 is 4.79 Å². The molecule has 1 heterocycles. The number of aromatic nitrogens is 1. The number of nitrogens with zero attached hydrogens (tertiary/aromatic N) is 1. The van der Waals surface area contributed by atoms with E-state index in [-0.39, 0.29) is 11.3 Å². The first kappa shape index (κ1) is 17.7. The first-order valence-corrected chi connectivity index (χ1v) is 8.96. The molecule has 0 atom stereocenters. The highest BCUT2D eigenvalue weighted by Gasteiger charge is 2.06. The highest BCUT2D eigenvalue weighted by Crippen LogP contribution is 2.15. The summed E-state index contributed by atoms with van der Waals surface area (Å²) in [7, 11) is 1.64. The minimum atomic E-state index is -0.183. The lowest BCUT2D eigenvalue weighted by Gasteiger charge is -1.95. The summed E-state index contributed by atoms with van der Waals surface area (Å²) in [6.45, 7) is 0. The normalized spacial score (nSPS) is 12.6. The third kappa shape index (κ3) is 3.93. The van der Waals surface area contributed by atoms with Gasteiger partial charge in [0.2, 0.25) is 0 Å². The van der Waals surface area contributed by atoms with Crippen LogP contribution in [-0.4, -0.2) is 10.4 Å². The molecule has 0 fully saturated rings. The van der Waals surface area contributed by atoms with E-state index in [1.54, 1.807) is 43.5 Å². The van der Waals surface area contributed by atoms with Crippen molar-refractivity contribution in [1.29, 1.82) is 0 Å². The van der Waals surface area contributed by atoms with Gasteiger partial charge < -0.3 is 4.57 Å². The highest BCUT2D eigenvalue weighted by atomic mass is 35.5. The van der Waals surface area contributed by atoms with Crippen LogP contribution in [0.25, 0.3) is 12.2 Å². The number of Topliss-reactive ketones (excluding diaryl/α,β-unsaturated/α-hetero) is 1. The standard InChI is InChI=1S/C19H13Cl2NO2S/c1-22-18(11-16(23)12-6-8-14(20)9-7-12)25-17(19(22)24)10-13-4-2-3-5-15(13)21/h2-11H,1H3/b17-10-,18-11-. The molecule has 0 spiro atoms. The van der Waals surface area contributed by atoms with Gasteiger partial charge in [-0.05, 0) is 42.0 Å². The Balaban J connectivity index is 2.07. The third-order valence-corrected chi connectivity index (χ3v) is 5.35. The Morgan fingerprint density at radius 3 is 2.44 bits per heavy atom. The van der Waals surface area contributed by atoms with Crippen LogP contribution in [0.5, 0.6) is 0 Å². The van der Waals surface area contributed by atoms with Crippen LogP contribution >= 0.6 is 34.5 Å². The van der Waals surface area contributed by atoms with Gasteiger partial charge in [0.25, 0.3) is 5.56 Å². The van der Waals surface area contributed by atoms with E-state index < -0.39 is 0 Å². The van der Waals surface area contributed by atoms with Crippen molar-refractivity contribution in [2.75, 3.05) is 0 Å². The van der Waals surface area contributed by atoms with Crippen LogP contribution in [0.3, 0.4) is 0 Å². The first-order chi connectivity index (χ1) is 12.0. The second-order valence-corrected chi connectivity index (χ2v) is 7.26. The van der Waals surface area contributed by atoms with Crippen molar-refractivity contribution in [3.63, 3.8) is 0 Å². The summed E-state index contributed by atoms with van der Waals surface area (Å²) in [6.07, 6.45) is 3.19. The van der Waals surface area contributed by atoms with E-state index in [1.165, 1.54) is 22.0 Å². The van der Waals surface area contributed by atoms with Crippen LogP contribution in [0.15, 0.2) is 53.3 Å². The van der Waals surface area contributed by atoms with Crippen LogP contribution in [0.2, 0.25) is 10.0 Å². The molecule has 0 radical (unpaired) electrons. The van der Waals surface area contributed by atoms with Crippen molar-refractivity contribution >= 4 is 52.5 Å². The second kappa shape index (κ2) is 7.40. The lowest BCUT2D eigenvalue weighted by molar-refractivity contribution is 0.106. The molecule has 2 aromatic carbocycles. The van der Waals surface area contributed by atoms with Gasteiger partial charge in [0.1, 0.15) is 4.66 Å². The van der Waals surface area contributed by atoms with Gasteiger partial charge in [-0.25, -0.2) is 0 Å². The Hall–Kier alpha value is -2.14. The van der Waals surface area contributed by atoms with Gasteiger partial charge in [0.05, 0.1) is 4.53 Å². The summed E-state index contributed by atoms with van der Waals surface area (Å²) in [5.41, 5.74) is 1.11. The van der Waals surface area contributed by atoms with Crippen molar-refractivity contribution in [3.8, 4) is 0 Å². The van der Waals surface area contributed by atoms with E-state index >= 15 is 0 Å². The smallest absolute Gasteiger partial charge is 0.268 e. The molecule has 0 bridgehead atoms. The molecule has 0 aliphatic heterocycles. The molecule has 0 N–H and O–H groups in total. The summed E-state index contributed by atoms with van der Waals surface area (Å²) in [6, 6.07) is 13.9. The molecular weight excluding hydrogens is 377 g/mol. The van der Waals surface area contributed by atoms with Crippen molar-refractivity contribution in [2.24, 2.45) is 7.05 Å². The lowest BCUT2D eigenvalue weighted by Crippen LogP contribution is -2.29. The average molecular weight is 390 g/mol. The third-order valence-electron chi connectivity index (χ3n) is 3.64. The molecule has 1 aromatic heterocycles. The van der Waals surface area contributed by atoms with Crippen molar-refractivity contribution in [3.05, 3.63) is 89.3 Å². The summed E-state index contributed by atoms with van der Waals surface area (Å²) in [4.78, 5) is 24.8. The van der Waals surface area contributed by atoms with Crippen LogP contribution in [0.4, 0.5) is 0 Å². The van der Waals surface area contributed by atoms with E-state index in [2.05, 4.69) is 0 Å². The van der Waals surface area contributed by atoms with Crippen LogP contribution in [0, 0.1) is 0 Å². The van der Waals surface area contributed by atoms with Crippen molar-refractivity contribution in [2.45, 2.75) is 0 Å². The SMILES string of the molecule is Cn1c(=O)/c(=C/c2ccccc2Cl)s/c1=C\C(=O)c1ccc(Cl)cc1. The predicted molar refractivity (Wildman–Crippen MR) is 104 cm³/mol. The number of benzene rings is 2. The molecule has 0 amide bonds. The maximum absolute atomic E-state index is 12.4.